The minimum Gasteiger partial charge on any atom is -0.310 e. The Balaban J connectivity index is 1.24. The van der Waals surface area contributed by atoms with Crippen LogP contribution in [-0.2, 0) is 0 Å². The Labute approximate surface area is 305 Å². The summed E-state index contributed by atoms with van der Waals surface area (Å²) in [6.07, 6.45) is 0. The molecule has 3 aromatic heterocycles. The summed E-state index contributed by atoms with van der Waals surface area (Å²) in [7, 11) is 0. The Morgan fingerprint density at radius 1 is 0.396 bits per heavy atom. The van der Waals surface area contributed by atoms with Crippen LogP contribution in [0.4, 0.5) is 17.1 Å². The van der Waals surface area contributed by atoms with E-state index in [-0.39, 0.29) is 0 Å². The van der Waals surface area contributed by atoms with Gasteiger partial charge in [-0.25, -0.2) is 9.97 Å². The highest BCUT2D eigenvalue weighted by Crippen LogP contribution is 2.45. The number of rotatable bonds is 5. The highest BCUT2D eigenvalue weighted by molar-refractivity contribution is 6.22. The summed E-state index contributed by atoms with van der Waals surface area (Å²) < 4.78 is 4.59. The fraction of sp³-hybridized carbons (Fsp3) is 0. The molecule has 11 aromatic rings. The summed E-state index contributed by atoms with van der Waals surface area (Å²) in [4.78, 5) is 13.0. The molecular formula is C48H31N5. The average Bonchev–Trinajstić information content (AvgIpc) is 3.79. The highest BCUT2D eigenvalue weighted by atomic mass is 15.2. The molecule has 0 unspecified atom stereocenters. The van der Waals surface area contributed by atoms with Crippen LogP contribution in [0.25, 0.3) is 77.2 Å². The molecule has 53 heavy (non-hydrogen) atoms. The molecule has 0 N–H and O–H groups in total. The van der Waals surface area contributed by atoms with Crippen molar-refractivity contribution < 1.29 is 0 Å². The van der Waals surface area contributed by atoms with Gasteiger partial charge in [-0.15, -0.1) is 0 Å². The number of benzene rings is 8. The molecular weight excluding hydrogens is 647 g/mol. The second kappa shape index (κ2) is 11.7. The Kier molecular flexibility index (Phi) is 6.48. The second-order valence-electron chi connectivity index (χ2n) is 13.5. The molecule has 0 aliphatic carbocycles. The van der Waals surface area contributed by atoms with Crippen molar-refractivity contribution in [3.63, 3.8) is 0 Å². The van der Waals surface area contributed by atoms with E-state index < -0.39 is 0 Å². The molecule has 0 radical (unpaired) electrons. The fourth-order valence-electron chi connectivity index (χ4n) is 8.11. The maximum absolute atomic E-state index is 5.44. The molecule has 0 aliphatic rings. The summed E-state index contributed by atoms with van der Waals surface area (Å²) in [6, 6.07) is 66.7. The lowest BCUT2D eigenvalue weighted by Crippen LogP contribution is -2.11. The first-order valence-corrected chi connectivity index (χ1v) is 17.9. The van der Waals surface area contributed by atoms with Gasteiger partial charge in [0.25, 0.3) is 0 Å². The van der Waals surface area contributed by atoms with Crippen molar-refractivity contribution in [2.45, 2.75) is 0 Å². The normalized spacial score (nSPS) is 11.8. The van der Waals surface area contributed by atoms with Crippen molar-refractivity contribution in [1.82, 2.24) is 18.9 Å². The van der Waals surface area contributed by atoms with Crippen molar-refractivity contribution in [2.75, 3.05) is 4.90 Å². The number of hydrogen-bond acceptors (Lipinski definition) is 3. The summed E-state index contributed by atoms with van der Waals surface area (Å²) >= 11 is 0. The molecule has 0 saturated carbocycles. The minimum atomic E-state index is 0.813. The summed E-state index contributed by atoms with van der Waals surface area (Å²) in [5, 5.41) is 5.63. The average molecular weight is 678 g/mol. The zero-order chi connectivity index (χ0) is 34.9. The van der Waals surface area contributed by atoms with Crippen LogP contribution in [0.2, 0.25) is 0 Å². The molecule has 3 heterocycles. The van der Waals surface area contributed by atoms with Gasteiger partial charge >= 0.3 is 0 Å². The van der Waals surface area contributed by atoms with Crippen LogP contribution in [0, 0.1) is 0 Å². The lowest BCUT2D eigenvalue weighted by Gasteiger charge is -2.27. The molecule has 11 rings (SSSR count). The van der Waals surface area contributed by atoms with Gasteiger partial charge in [-0.3, -0.25) is 8.97 Å². The van der Waals surface area contributed by atoms with Crippen LogP contribution in [0.3, 0.4) is 0 Å². The Bertz CT molecular complexity index is 3160. The van der Waals surface area contributed by atoms with Gasteiger partial charge < -0.3 is 4.90 Å². The van der Waals surface area contributed by atoms with Crippen molar-refractivity contribution in [2.24, 2.45) is 0 Å². The van der Waals surface area contributed by atoms with Crippen molar-refractivity contribution >= 4 is 77.2 Å². The molecule has 0 atom stereocenters. The van der Waals surface area contributed by atoms with Crippen molar-refractivity contribution in [3.8, 4) is 17.1 Å². The summed E-state index contributed by atoms with van der Waals surface area (Å²) in [5.41, 5.74) is 11.7. The van der Waals surface area contributed by atoms with E-state index in [0.717, 1.165) is 83.2 Å². The van der Waals surface area contributed by atoms with Crippen LogP contribution >= 0.6 is 0 Å². The van der Waals surface area contributed by atoms with Crippen molar-refractivity contribution in [3.05, 3.63) is 188 Å². The topological polar surface area (TPSA) is 38.4 Å². The SMILES string of the molecule is c1ccc(-c2ccc(N(c3ccccc3)c3cc4c5ccccc5n(-c5nc6ccccc6c6nc7ccccc7n56)c4c4ccccc34)cc2)cc1. The molecule has 0 saturated heterocycles. The van der Waals surface area contributed by atoms with Gasteiger partial charge in [-0.1, -0.05) is 127 Å². The molecule has 0 spiro atoms. The monoisotopic (exact) mass is 677 g/mol. The third-order valence-corrected chi connectivity index (χ3v) is 10.5. The molecule has 248 valence electrons. The number of hydrogen-bond donors (Lipinski definition) is 0. The quantitative estimate of drug-likeness (QED) is 0.182. The lowest BCUT2D eigenvalue weighted by molar-refractivity contribution is 0.981. The maximum Gasteiger partial charge on any atom is 0.221 e. The van der Waals surface area contributed by atoms with Gasteiger partial charge in [-0.2, -0.15) is 0 Å². The Morgan fingerprint density at radius 3 is 1.74 bits per heavy atom. The zero-order valence-corrected chi connectivity index (χ0v) is 28.6. The standard InChI is InChI=1S/C48H31N5/c1-3-15-32(16-4-1)33-27-29-35(30-28-33)51(34-17-5-2-6-18-34)45-31-40-37-20-10-13-25-43(37)52(46(40)38-21-8-7-19-36(38)45)48-50-41-23-11-9-22-39(41)47-49-42-24-12-14-26-44(42)53(47)48/h1-31H. The first kappa shape index (κ1) is 29.5. The largest absolute Gasteiger partial charge is 0.310 e. The predicted molar refractivity (Wildman–Crippen MR) is 220 cm³/mol. The number of aromatic nitrogens is 4. The predicted octanol–water partition coefficient (Wildman–Crippen LogP) is 12.4. The first-order chi connectivity index (χ1) is 26.3. The van der Waals surface area contributed by atoms with Crippen LogP contribution in [0.15, 0.2) is 188 Å². The first-order valence-electron chi connectivity index (χ1n) is 17.9. The second-order valence-corrected chi connectivity index (χ2v) is 13.5. The number of fused-ring (bicyclic) bond motifs is 10. The molecule has 0 fully saturated rings. The van der Waals surface area contributed by atoms with E-state index in [2.05, 4.69) is 196 Å². The van der Waals surface area contributed by atoms with Crippen molar-refractivity contribution in [1.29, 1.82) is 0 Å². The van der Waals surface area contributed by atoms with Gasteiger partial charge in [0.2, 0.25) is 5.95 Å². The maximum atomic E-state index is 5.44. The van der Waals surface area contributed by atoms with Gasteiger partial charge in [0.15, 0.2) is 0 Å². The van der Waals surface area contributed by atoms with Crippen LogP contribution in [-0.4, -0.2) is 18.9 Å². The van der Waals surface area contributed by atoms with Crippen LogP contribution in [0.5, 0.6) is 0 Å². The van der Waals surface area contributed by atoms with Crippen LogP contribution in [0.1, 0.15) is 0 Å². The molecule has 5 heteroatoms. The molecule has 5 nitrogen and oxygen atoms in total. The third kappa shape index (κ3) is 4.51. The molecule has 0 aliphatic heterocycles. The van der Waals surface area contributed by atoms with Gasteiger partial charge in [0.05, 0.1) is 33.3 Å². The van der Waals surface area contributed by atoms with E-state index in [1.54, 1.807) is 0 Å². The number of anilines is 3. The zero-order valence-electron chi connectivity index (χ0n) is 28.6. The molecule has 8 aromatic carbocycles. The van der Waals surface area contributed by atoms with Gasteiger partial charge in [0.1, 0.15) is 5.65 Å². The van der Waals surface area contributed by atoms with E-state index in [0.29, 0.717) is 0 Å². The summed E-state index contributed by atoms with van der Waals surface area (Å²) in [5.74, 6) is 0.813. The number of nitrogens with zero attached hydrogens (tertiary/aromatic N) is 5. The Hall–Kier alpha value is -7.24. The smallest absolute Gasteiger partial charge is 0.221 e. The van der Waals surface area contributed by atoms with Gasteiger partial charge in [0, 0.05) is 38.3 Å². The number of imidazole rings is 1. The fourth-order valence-corrected chi connectivity index (χ4v) is 8.11. The van der Waals surface area contributed by atoms with E-state index in [9.17, 15) is 0 Å². The Morgan fingerprint density at radius 2 is 0.962 bits per heavy atom. The lowest BCUT2D eigenvalue weighted by atomic mass is 10.0. The summed E-state index contributed by atoms with van der Waals surface area (Å²) in [6.45, 7) is 0. The third-order valence-electron chi connectivity index (χ3n) is 10.5. The highest BCUT2D eigenvalue weighted by Gasteiger charge is 2.24. The molecule has 0 bridgehead atoms. The van der Waals surface area contributed by atoms with Crippen LogP contribution < -0.4 is 4.90 Å². The van der Waals surface area contributed by atoms with E-state index >= 15 is 0 Å². The van der Waals surface area contributed by atoms with E-state index in [4.69, 9.17) is 9.97 Å². The van der Waals surface area contributed by atoms with Gasteiger partial charge in [-0.05, 0) is 71.8 Å². The minimum absolute atomic E-state index is 0.813. The van der Waals surface area contributed by atoms with E-state index in [1.165, 1.54) is 11.1 Å². The molecule has 0 amide bonds. The number of para-hydroxylation sites is 5. The van der Waals surface area contributed by atoms with E-state index in [1.807, 2.05) is 6.07 Å².